The fourth-order valence-corrected chi connectivity index (χ4v) is 5.88. The second-order valence-corrected chi connectivity index (χ2v) is 17.2. The molecule has 0 saturated carbocycles. The summed E-state index contributed by atoms with van der Waals surface area (Å²) < 4.78 is 34.0. The second kappa shape index (κ2) is 40.1. The quantitative estimate of drug-likeness (QED) is 0.0137. The summed E-state index contributed by atoms with van der Waals surface area (Å²) in [5.41, 5.74) is 0. The molecule has 0 bridgehead atoms. The number of phosphoric acid groups is 1. The maximum atomic E-state index is 12.7. The van der Waals surface area contributed by atoms with Crippen molar-refractivity contribution < 1.29 is 52.3 Å². The number of rotatable bonds is 38. The molecule has 0 spiro atoms. The molecular weight excluding hydrogens is 806 g/mol. The summed E-state index contributed by atoms with van der Waals surface area (Å²) in [6, 6.07) is 0. The van der Waals surface area contributed by atoms with Crippen LogP contribution in [0.1, 0.15) is 117 Å². The molecule has 4 atom stereocenters. The van der Waals surface area contributed by atoms with E-state index in [2.05, 4.69) is 74.6 Å². The standard InChI is InChI=1S/C50H80NO10P/c1-6-8-10-11-12-13-14-15-16-17-18-19-20-21-22-23-27-30-34-40-49(54)58-44-48(45-60-62(56,57)59-43-42-51(3,4)5)61-50(55)41-35-39-47(53)38-33-29-26-24-25-28-32-37-46(52)36-31-9-7-2/h8,10,12-13,15-16,18-19,21-22,25-30,32-33,37-38,46-48,52-53H,6-7,9,11,14,17,20,23-24,31,34-36,39-45H2,1-5H3/p+1/b10-8-,13-12-,16-15-,19-18-,22-21-,28-25-,29-26-,30-27-,37-32+,38-33+/t46-,47-,48-/m1/s1. The van der Waals surface area contributed by atoms with E-state index in [1.807, 2.05) is 63.7 Å². The van der Waals surface area contributed by atoms with E-state index in [0.717, 1.165) is 64.2 Å². The molecule has 3 N–H and O–H groups in total. The Kier molecular flexibility index (Phi) is 37.8. The largest absolute Gasteiger partial charge is 0.472 e. The van der Waals surface area contributed by atoms with Crippen molar-refractivity contribution >= 4 is 19.8 Å². The molecule has 1 unspecified atom stereocenters. The summed E-state index contributed by atoms with van der Waals surface area (Å²) in [6.45, 7) is 3.81. The van der Waals surface area contributed by atoms with Crippen LogP contribution in [0.5, 0.6) is 0 Å². The molecule has 0 aliphatic carbocycles. The van der Waals surface area contributed by atoms with Crippen molar-refractivity contribution in [2.75, 3.05) is 47.5 Å². The number of nitrogens with zero attached hydrogens (tertiary/aromatic N) is 1. The van der Waals surface area contributed by atoms with E-state index in [4.69, 9.17) is 18.5 Å². The van der Waals surface area contributed by atoms with Gasteiger partial charge in [0.25, 0.3) is 0 Å². The van der Waals surface area contributed by atoms with Crippen LogP contribution in [-0.4, -0.2) is 97.3 Å². The van der Waals surface area contributed by atoms with Crippen molar-refractivity contribution in [2.24, 2.45) is 0 Å². The third-order valence-electron chi connectivity index (χ3n) is 8.70. The molecule has 62 heavy (non-hydrogen) atoms. The van der Waals surface area contributed by atoms with Crippen LogP contribution in [-0.2, 0) is 32.7 Å². The topological polar surface area (TPSA) is 149 Å². The SMILES string of the molecule is CC/C=C\C/C=C\C/C=C\C/C=C\C/C=C\C/C=C\CCC(=O)OC[C@H](COP(=O)(O)OCC[N+](C)(C)C)OC(=O)CCC[C@H](O)/C=C/C=C\C/C=C\C=C\[C@H](O)CCCCC. The Bertz CT molecular complexity index is 1500. The molecule has 0 aromatic heterocycles. The highest BCUT2D eigenvalue weighted by Gasteiger charge is 2.27. The number of esters is 2. The van der Waals surface area contributed by atoms with Gasteiger partial charge in [0, 0.05) is 12.8 Å². The fraction of sp³-hybridized carbons (Fsp3) is 0.560. The Morgan fingerprint density at radius 1 is 0.597 bits per heavy atom. The van der Waals surface area contributed by atoms with Gasteiger partial charge >= 0.3 is 19.8 Å². The van der Waals surface area contributed by atoms with Crippen molar-refractivity contribution in [2.45, 2.75) is 135 Å². The highest BCUT2D eigenvalue weighted by Crippen LogP contribution is 2.43. The number of unbranched alkanes of at least 4 members (excludes halogenated alkanes) is 2. The number of carbonyl (C=O) groups excluding carboxylic acids is 2. The van der Waals surface area contributed by atoms with Crippen molar-refractivity contribution in [3.05, 3.63) is 122 Å². The summed E-state index contributed by atoms with van der Waals surface area (Å²) in [6.07, 6.45) is 49.1. The number of likely N-dealkylation sites (N-methyl/N-ethyl adjacent to an activating group) is 1. The molecule has 12 heteroatoms. The molecule has 0 saturated heterocycles. The van der Waals surface area contributed by atoms with Crippen LogP contribution in [0.2, 0.25) is 0 Å². The van der Waals surface area contributed by atoms with Gasteiger partial charge in [-0.15, -0.1) is 0 Å². The van der Waals surface area contributed by atoms with E-state index in [1.54, 1.807) is 18.2 Å². The highest BCUT2D eigenvalue weighted by atomic mass is 31.2. The minimum atomic E-state index is -4.47. The third-order valence-corrected chi connectivity index (χ3v) is 9.68. The Hall–Kier alpha value is -3.67. The predicted octanol–water partition coefficient (Wildman–Crippen LogP) is 10.8. The summed E-state index contributed by atoms with van der Waals surface area (Å²) in [4.78, 5) is 35.4. The average molecular weight is 887 g/mol. The number of quaternary nitrogens is 1. The Morgan fingerprint density at radius 3 is 1.61 bits per heavy atom. The fourth-order valence-electron chi connectivity index (χ4n) is 5.13. The van der Waals surface area contributed by atoms with Crippen LogP contribution in [0.4, 0.5) is 0 Å². The van der Waals surface area contributed by atoms with Crippen molar-refractivity contribution in [3.63, 3.8) is 0 Å². The Balaban J connectivity index is 4.73. The molecule has 0 aromatic rings. The smallest absolute Gasteiger partial charge is 0.462 e. The number of phosphoric ester groups is 1. The van der Waals surface area contributed by atoms with Gasteiger partial charge in [-0.3, -0.25) is 18.6 Å². The lowest BCUT2D eigenvalue weighted by molar-refractivity contribution is -0.870. The van der Waals surface area contributed by atoms with Crippen LogP contribution in [0.25, 0.3) is 0 Å². The monoisotopic (exact) mass is 887 g/mol. The lowest BCUT2D eigenvalue weighted by atomic mass is 10.1. The van der Waals surface area contributed by atoms with E-state index in [9.17, 15) is 29.3 Å². The summed E-state index contributed by atoms with van der Waals surface area (Å²) in [7, 11) is 1.27. The van der Waals surface area contributed by atoms with Gasteiger partial charge in [-0.1, -0.05) is 155 Å². The van der Waals surface area contributed by atoms with Gasteiger partial charge in [-0.25, -0.2) is 4.57 Å². The van der Waals surface area contributed by atoms with Crippen LogP contribution >= 0.6 is 7.82 Å². The van der Waals surface area contributed by atoms with Crippen molar-refractivity contribution in [1.82, 2.24) is 0 Å². The number of aliphatic hydroxyl groups is 2. The van der Waals surface area contributed by atoms with Gasteiger partial charge in [0.2, 0.25) is 0 Å². The third kappa shape index (κ3) is 43.0. The van der Waals surface area contributed by atoms with Crippen molar-refractivity contribution in [3.8, 4) is 0 Å². The Morgan fingerprint density at radius 2 is 1.10 bits per heavy atom. The molecule has 0 aromatic carbocycles. The van der Waals surface area contributed by atoms with Gasteiger partial charge < -0.3 is 29.1 Å². The maximum Gasteiger partial charge on any atom is 0.472 e. The molecule has 350 valence electrons. The van der Waals surface area contributed by atoms with Gasteiger partial charge in [0.1, 0.15) is 19.8 Å². The summed E-state index contributed by atoms with van der Waals surface area (Å²) in [5, 5.41) is 20.2. The molecule has 0 radical (unpaired) electrons. The first-order valence-electron chi connectivity index (χ1n) is 22.5. The van der Waals surface area contributed by atoms with Gasteiger partial charge in [0.15, 0.2) is 6.10 Å². The molecule has 0 aliphatic rings. The van der Waals surface area contributed by atoms with E-state index in [-0.39, 0.29) is 26.1 Å². The number of hydrogen-bond acceptors (Lipinski definition) is 9. The molecule has 0 aliphatic heterocycles. The zero-order valence-corrected chi connectivity index (χ0v) is 39.4. The number of carbonyl (C=O) groups is 2. The zero-order valence-electron chi connectivity index (χ0n) is 38.5. The number of allylic oxidation sites excluding steroid dienone is 18. The molecule has 11 nitrogen and oxygen atoms in total. The molecular formula is C50H81NO10P+. The van der Waals surface area contributed by atoms with Crippen molar-refractivity contribution in [1.29, 1.82) is 0 Å². The maximum absolute atomic E-state index is 12.7. The van der Waals surface area contributed by atoms with Crippen LogP contribution < -0.4 is 0 Å². The van der Waals surface area contributed by atoms with Crippen LogP contribution in [0, 0.1) is 0 Å². The average Bonchev–Trinajstić information content (AvgIpc) is 3.21. The first kappa shape index (κ1) is 58.3. The van der Waals surface area contributed by atoms with Gasteiger partial charge in [-0.05, 0) is 70.6 Å². The first-order valence-corrected chi connectivity index (χ1v) is 24.0. The molecule has 0 heterocycles. The first-order chi connectivity index (χ1) is 29.8. The van der Waals surface area contributed by atoms with E-state index in [1.165, 1.54) is 0 Å². The zero-order chi connectivity index (χ0) is 46.0. The number of hydrogen-bond donors (Lipinski definition) is 3. The minimum absolute atomic E-state index is 0.0302. The number of ether oxygens (including phenoxy) is 2. The predicted molar refractivity (Wildman–Crippen MR) is 254 cm³/mol. The van der Waals surface area contributed by atoms with E-state index in [0.29, 0.717) is 36.7 Å². The highest BCUT2D eigenvalue weighted by molar-refractivity contribution is 7.47. The normalized spacial score (nSPS) is 15.7. The summed E-state index contributed by atoms with van der Waals surface area (Å²) >= 11 is 0. The second-order valence-electron chi connectivity index (χ2n) is 15.7. The van der Waals surface area contributed by atoms with Crippen LogP contribution in [0.15, 0.2) is 122 Å². The van der Waals surface area contributed by atoms with Gasteiger partial charge in [0.05, 0.1) is 40.0 Å². The molecule has 0 amide bonds. The van der Waals surface area contributed by atoms with E-state index < -0.39 is 44.7 Å². The molecule has 0 rings (SSSR count). The molecule has 0 fully saturated rings. The number of aliphatic hydroxyl groups excluding tert-OH is 2. The minimum Gasteiger partial charge on any atom is -0.462 e. The van der Waals surface area contributed by atoms with E-state index >= 15 is 0 Å². The van der Waals surface area contributed by atoms with Crippen LogP contribution in [0.3, 0.4) is 0 Å². The Labute approximate surface area is 374 Å². The summed E-state index contributed by atoms with van der Waals surface area (Å²) in [5.74, 6) is -1.14. The van der Waals surface area contributed by atoms with Gasteiger partial charge in [-0.2, -0.15) is 0 Å². The lowest BCUT2D eigenvalue weighted by Gasteiger charge is -2.24. The lowest BCUT2D eigenvalue weighted by Crippen LogP contribution is -2.37.